The summed E-state index contributed by atoms with van der Waals surface area (Å²) in [5, 5.41) is 0.221. The molecule has 4 aliphatic carbocycles. The van der Waals surface area contributed by atoms with E-state index in [9.17, 15) is 2.74 Å². The summed E-state index contributed by atoms with van der Waals surface area (Å²) in [6.07, 6.45) is 11.8. The molecule has 0 spiro atoms. The Bertz CT molecular complexity index is 904. The third-order valence-corrected chi connectivity index (χ3v) is 20.6. The summed E-state index contributed by atoms with van der Waals surface area (Å²) >= 11 is 0. The fraction of sp³-hybridized carbons (Fsp3) is 0.935. The van der Waals surface area contributed by atoms with Crippen LogP contribution in [0.15, 0.2) is 11.6 Å². The Morgan fingerprint density at radius 3 is 2.23 bits per heavy atom. The molecule has 0 unspecified atom stereocenters. The molecular formula is C31H58O2Si2. The molecule has 3 fully saturated rings. The Balaban J connectivity index is 1.68. The van der Waals surface area contributed by atoms with Crippen molar-refractivity contribution in [2.75, 3.05) is 6.58 Å². The van der Waals surface area contributed by atoms with Crippen LogP contribution in [0.2, 0.25) is 36.3 Å². The first-order valence-electron chi connectivity index (χ1n) is 15.8. The lowest BCUT2D eigenvalue weighted by Crippen LogP contribution is -2.55. The first-order chi connectivity index (χ1) is 16.7. The number of allylic oxidation sites excluding steroid dienone is 1. The van der Waals surface area contributed by atoms with Gasteiger partial charge in [0.05, 0.1) is 8.82 Å². The van der Waals surface area contributed by atoms with Gasteiger partial charge < -0.3 is 8.85 Å². The van der Waals surface area contributed by atoms with Gasteiger partial charge in [-0.25, -0.2) is 0 Å². The topological polar surface area (TPSA) is 18.5 Å². The van der Waals surface area contributed by atoms with Crippen molar-refractivity contribution in [1.82, 2.24) is 0 Å². The van der Waals surface area contributed by atoms with E-state index < -0.39 is 29.3 Å². The van der Waals surface area contributed by atoms with Crippen LogP contribution in [0.4, 0.5) is 0 Å². The summed E-state index contributed by atoms with van der Waals surface area (Å²) < 4.78 is 33.4. The largest absolute Gasteiger partial charge is 0.416 e. The van der Waals surface area contributed by atoms with Gasteiger partial charge in [-0.05, 0) is 111 Å². The second-order valence-corrected chi connectivity index (χ2v) is 25.3. The monoisotopic (exact) mass is 520 g/mol. The molecule has 0 amide bonds. The van der Waals surface area contributed by atoms with Crippen LogP contribution in [-0.2, 0) is 8.85 Å². The highest BCUT2D eigenvalue weighted by atomic mass is 28.4. The predicted molar refractivity (Wildman–Crippen MR) is 156 cm³/mol. The highest BCUT2D eigenvalue weighted by Crippen LogP contribution is 2.66. The van der Waals surface area contributed by atoms with Crippen molar-refractivity contribution < 1.29 is 11.6 Å². The molecule has 7 atom stereocenters. The zero-order valence-electron chi connectivity index (χ0n) is 27.1. The maximum atomic E-state index is 9.79. The van der Waals surface area contributed by atoms with E-state index in [1.807, 2.05) is 0 Å². The Labute approximate surface area is 223 Å². The Morgan fingerprint density at radius 2 is 1.60 bits per heavy atom. The van der Waals surface area contributed by atoms with Gasteiger partial charge in [-0.15, -0.1) is 0 Å². The first kappa shape index (κ1) is 25.4. The van der Waals surface area contributed by atoms with Gasteiger partial charge in [-0.3, -0.25) is 0 Å². The molecule has 2 nitrogen and oxygen atoms in total. The van der Waals surface area contributed by atoms with Crippen molar-refractivity contribution in [3.05, 3.63) is 11.6 Å². The smallest absolute Gasteiger partial charge is 0.192 e. The van der Waals surface area contributed by atoms with E-state index in [2.05, 4.69) is 80.7 Å². The molecule has 0 bridgehead atoms. The molecule has 0 heterocycles. The van der Waals surface area contributed by atoms with Crippen LogP contribution in [0.3, 0.4) is 0 Å². The van der Waals surface area contributed by atoms with Crippen LogP contribution in [0.1, 0.15) is 109 Å². The highest BCUT2D eigenvalue weighted by molar-refractivity contribution is 6.74. The van der Waals surface area contributed by atoms with Crippen LogP contribution in [0.5, 0.6) is 0 Å². The molecule has 4 rings (SSSR count). The molecule has 0 saturated heterocycles. The minimum atomic E-state index is -2.06. The van der Waals surface area contributed by atoms with E-state index in [1.165, 1.54) is 12.8 Å². The fourth-order valence-electron chi connectivity index (χ4n) is 7.43. The number of hydrogen-bond donors (Lipinski definition) is 0. The Kier molecular flexibility index (Phi) is 6.59. The fourth-order valence-corrected chi connectivity index (χ4v) is 9.54. The summed E-state index contributed by atoms with van der Waals surface area (Å²) in [5.74, 6) is 1.56. The lowest BCUT2D eigenvalue weighted by atomic mass is 9.47. The van der Waals surface area contributed by atoms with E-state index in [0.29, 0.717) is 17.8 Å². The van der Waals surface area contributed by atoms with Gasteiger partial charge in [0, 0.05) is 12.0 Å². The summed E-state index contributed by atoms with van der Waals surface area (Å²) in [4.78, 5) is 0. The van der Waals surface area contributed by atoms with E-state index in [0.717, 1.165) is 44.9 Å². The number of rotatable bonds is 5. The maximum Gasteiger partial charge on any atom is 0.192 e. The van der Waals surface area contributed by atoms with Crippen LogP contribution in [0, 0.1) is 28.6 Å². The molecule has 202 valence electrons. The van der Waals surface area contributed by atoms with E-state index in [-0.39, 0.29) is 20.9 Å². The summed E-state index contributed by atoms with van der Waals surface area (Å²) in [7, 11) is -4.12. The quantitative estimate of drug-likeness (QED) is 0.265. The Morgan fingerprint density at radius 1 is 0.943 bits per heavy atom. The van der Waals surface area contributed by atoms with Gasteiger partial charge in [0.2, 0.25) is 0 Å². The second-order valence-electron chi connectivity index (χ2n) is 15.9. The van der Waals surface area contributed by atoms with Crippen molar-refractivity contribution in [3.8, 4) is 0 Å². The van der Waals surface area contributed by atoms with Gasteiger partial charge in [0.1, 0.15) is 0 Å². The van der Waals surface area contributed by atoms with Crippen molar-refractivity contribution in [1.29, 1.82) is 0 Å². The van der Waals surface area contributed by atoms with Crippen LogP contribution in [0.25, 0.3) is 0 Å². The highest BCUT2D eigenvalue weighted by Gasteiger charge is 2.61. The SMILES string of the molecule is [2H][C@@H](O[Si](C)(C)C(C)(C)C)[C@]12CCCCC1=CC[C@@H]1[C@@H]2CC[C@@]2(C)[C@H]1CC[C@]2([2H])O[Si](C)(C)C(C)(C)C. The first-order valence-corrected chi connectivity index (χ1v) is 20.5. The molecule has 0 aromatic carbocycles. The summed E-state index contributed by atoms with van der Waals surface area (Å²) in [5.41, 5.74) is 1.31. The molecular weight excluding hydrogens is 461 g/mol. The average Bonchev–Trinajstić information content (AvgIpc) is 3.01. The van der Waals surface area contributed by atoms with Crippen molar-refractivity contribution in [2.45, 2.75) is 149 Å². The predicted octanol–water partition coefficient (Wildman–Crippen LogP) is 9.73. The average molecular weight is 521 g/mol. The van der Waals surface area contributed by atoms with Gasteiger partial charge in [0.25, 0.3) is 0 Å². The molecule has 3 saturated carbocycles. The molecule has 0 aliphatic heterocycles. The van der Waals surface area contributed by atoms with Gasteiger partial charge in [-0.1, -0.05) is 66.5 Å². The van der Waals surface area contributed by atoms with Crippen molar-refractivity contribution in [2.24, 2.45) is 28.6 Å². The van der Waals surface area contributed by atoms with E-state index >= 15 is 0 Å². The molecule has 0 radical (unpaired) electrons. The zero-order valence-corrected chi connectivity index (χ0v) is 27.1. The summed E-state index contributed by atoms with van der Waals surface area (Å²) in [6, 6.07) is 0. The molecule has 4 heteroatoms. The molecule has 0 aromatic heterocycles. The maximum absolute atomic E-state index is 9.79. The second kappa shape index (κ2) is 9.09. The molecule has 4 aliphatic rings. The molecule has 0 aromatic rings. The molecule has 35 heavy (non-hydrogen) atoms. The van der Waals surface area contributed by atoms with Gasteiger partial charge >= 0.3 is 0 Å². The van der Waals surface area contributed by atoms with E-state index in [4.69, 9.17) is 8.85 Å². The minimum Gasteiger partial charge on any atom is -0.416 e. The van der Waals surface area contributed by atoms with Crippen molar-refractivity contribution >= 4 is 16.6 Å². The van der Waals surface area contributed by atoms with Gasteiger partial charge in [0.15, 0.2) is 16.6 Å². The van der Waals surface area contributed by atoms with Crippen LogP contribution < -0.4 is 0 Å². The third-order valence-electron chi connectivity index (χ3n) is 11.9. The van der Waals surface area contributed by atoms with Crippen LogP contribution >= 0.6 is 0 Å². The zero-order chi connectivity index (χ0) is 27.9. The summed E-state index contributed by atoms with van der Waals surface area (Å²) in [6.45, 7) is 25.0. The van der Waals surface area contributed by atoms with Crippen LogP contribution in [-0.4, -0.2) is 29.3 Å². The minimum absolute atomic E-state index is 0.108. The number of fused-ring (bicyclic) bond motifs is 5. The lowest BCUT2D eigenvalue weighted by molar-refractivity contribution is -0.0782. The standard InChI is InChI=1S/C31H58O2Si2/c1-28(2,3)34(8,9)32-22-31-20-13-12-14-23(31)15-16-24-25-17-18-27(30(25,7)21-19-26(24)31)33-35(10,11)29(4,5)6/h15,24-27H,12-14,16-22H2,1-11H3/t24-,25-,26-,27-,30-,31+/m0/s1/i22D,27D/t22-,24+,25+,26+,27+,30+,31-/m1. The normalized spacial score (nSPS) is 42.3. The number of hydrogen-bond acceptors (Lipinski definition) is 2. The lowest BCUT2D eigenvalue weighted by Gasteiger charge is -2.59. The Hall–Kier alpha value is 0.0938. The van der Waals surface area contributed by atoms with Gasteiger partial charge in [-0.2, -0.15) is 0 Å². The molecule has 0 N–H and O–H groups in total. The van der Waals surface area contributed by atoms with E-state index in [1.54, 1.807) is 5.57 Å². The van der Waals surface area contributed by atoms with Crippen molar-refractivity contribution in [3.63, 3.8) is 0 Å². The third kappa shape index (κ3) is 4.74.